The quantitative estimate of drug-likeness (QED) is 0.619. The van der Waals surface area contributed by atoms with Gasteiger partial charge in [0.05, 0.1) is 12.2 Å². The first-order valence-electron chi connectivity index (χ1n) is 4.27. The maximum atomic E-state index is 12.3. The third-order valence-corrected chi connectivity index (χ3v) is 2.49. The van der Waals surface area contributed by atoms with Gasteiger partial charge in [-0.1, -0.05) is 0 Å². The number of halogens is 4. The number of ether oxygens (including phenoxy) is 1. The Morgan fingerprint density at radius 2 is 1.08 bits per heavy atom. The van der Waals surface area contributed by atoms with Crippen LogP contribution in [-0.2, 0) is 4.74 Å². The van der Waals surface area contributed by atoms with E-state index in [-0.39, 0.29) is 25.7 Å². The number of hydrogen-bond donors (Lipinski definition) is 0. The first-order chi connectivity index (χ1) is 5.86. The molecule has 5 heteroatoms. The largest absolute Gasteiger partial charge is 0.374 e. The summed E-state index contributed by atoms with van der Waals surface area (Å²) in [5.74, 6) is -5.26. The molecule has 76 valence electrons. The highest BCUT2D eigenvalue weighted by Gasteiger charge is 2.51. The van der Waals surface area contributed by atoms with Crippen LogP contribution < -0.4 is 0 Å². The highest BCUT2D eigenvalue weighted by atomic mass is 19.3. The van der Waals surface area contributed by atoms with Crippen LogP contribution in [0.4, 0.5) is 17.6 Å². The van der Waals surface area contributed by atoms with E-state index in [1.165, 1.54) is 0 Å². The summed E-state index contributed by atoms with van der Waals surface area (Å²) >= 11 is 0. The third-order valence-electron chi connectivity index (χ3n) is 2.49. The van der Waals surface area contributed by atoms with Crippen LogP contribution in [-0.4, -0.2) is 24.1 Å². The molecule has 0 heterocycles. The van der Waals surface area contributed by atoms with Crippen LogP contribution in [0.3, 0.4) is 0 Å². The van der Waals surface area contributed by atoms with Crippen LogP contribution >= 0.6 is 0 Å². The fourth-order valence-corrected chi connectivity index (χ4v) is 1.68. The Balaban J connectivity index is 1.66. The van der Waals surface area contributed by atoms with Crippen LogP contribution in [0.15, 0.2) is 0 Å². The Kier molecular flexibility index (Phi) is 1.84. The molecule has 0 aliphatic heterocycles. The summed E-state index contributed by atoms with van der Waals surface area (Å²) in [6.07, 6.45) is -2.25. The smallest absolute Gasteiger partial charge is 0.253 e. The second-order valence-corrected chi connectivity index (χ2v) is 3.91. The van der Waals surface area contributed by atoms with Gasteiger partial charge in [0, 0.05) is 25.7 Å². The van der Waals surface area contributed by atoms with Crippen molar-refractivity contribution in [2.75, 3.05) is 0 Å². The van der Waals surface area contributed by atoms with Crippen LogP contribution in [0.25, 0.3) is 0 Å². The topological polar surface area (TPSA) is 9.23 Å². The van der Waals surface area contributed by atoms with Gasteiger partial charge in [0.25, 0.3) is 11.8 Å². The van der Waals surface area contributed by atoms with Gasteiger partial charge in [0.1, 0.15) is 0 Å². The zero-order valence-corrected chi connectivity index (χ0v) is 6.90. The molecule has 0 spiro atoms. The predicted octanol–water partition coefficient (Wildman–Crippen LogP) is 2.60. The molecule has 1 nitrogen and oxygen atoms in total. The zero-order valence-electron chi connectivity index (χ0n) is 6.90. The van der Waals surface area contributed by atoms with E-state index in [1.54, 1.807) is 0 Å². The Bertz CT molecular complexity index is 178. The summed E-state index contributed by atoms with van der Waals surface area (Å²) < 4.78 is 54.2. The fraction of sp³-hybridized carbons (Fsp3) is 1.00. The van der Waals surface area contributed by atoms with Gasteiger partial charge < -0.3 is 4.74 Å². The Morgan fingerprint density at radius 1 is 0.769 bits per heavy atom. The molecule has 0 bridgehead atoms. The van der Waals surface area contributed by atoms with E-state index in [0.717, 1.165) is 0 Å². The molecule has 0 unspecified atom stereocenters. The average Bonchev–Trinajstić information content (AvgIpc) is 1.78. The Labute approximate surface area is 73.1 Å². The predicted molar refractivity (Wildman–Crippen MR) is 37.0 cm³/mol. The molecule has 0 saturated heterocycles. The van der Waals surface area contributed by atoms with Gasteiger partial charge >= 0.3 is 0 Å². The van der Waals surface area contributed by atoms with Crippen molar-refractivity contribution in [3.63, 3.8) is 0 Å². The van der Waals surface area contributed by atoms with E-state index in [9.17, 15) is 17.6 Å². The summed E-state index contributed by atoms with van der Waals surface area (Å²) in [7, 11) is 0. The van der Waals surface area contributed by atoms with Gasteiger partial charge in [0.15, 0.2) is 0 Å². The van der Waals surface area contributed by atoms with E-state index >= 15 is 0 Å². The first-order valence-corrected chi connectivity index (χ1v) is 4.27. The molecule has 2 rings (SSSR count). The summed E-state index contributed by atoms with van der Waals surface area (Å²) in [5.41, 5.74) is 0. The molecule has 0 amide bonds. The maximum Gasteiger partial charge on any atom is 0.253 e. The van der Waals surface area contributed by atoms with Crippen molar-refractivity contribution >= 4 is 0 Å². The molecule has 2 saturated carbocycles. The van der Waals surface area contributed by atoms with Gasteiger partial charge in [-0.15, -0.1) is 0 Å². The molecule has 2 aliphatic carbocycles. The maximum absolute atomic E-state index is 12.3. The van der Waals surface area contributed by atoms with Crippen molar-refractivity contribution in [2.45, 2.75) is 49.7 Å². The van der Waals surface area contributed by atoms with Gasteiger partial charge in [-0.2, -0.15) is 0 Å². The van der Waals surface area contributed by atoms with Crippen LogP contribution in [0.2, 0.25) is 0 Å². The van der Waals surface area contributed by atoms with Crippen molar-refractivity contribution < 1.29 is 22.3 Å². The molecular formula is C8H10F4O. The summed E-state index contributed by atoms with van der Waals surface area (Å²) in [5, 5.41) is 0. The first kappa shape index (κ1) is 9.24. The second kappa shape index (κ2) is 2.59. The van der Waals surface area contributed by atoms with Crippen molar-refractivity contribution in [3.05, 3.63) is 0 Å². The number of alkyl halides is 4. The van der Waals surface area contributed by atoms with Gasteiger partial charge in [-0.3, -0.25) is 0 Å². The minimum Gasteiger partial charge on any atom is -0.374 e. The molecule has 2 fully saturated rings. The lowest BCUT2D eigenvalue weighted by atomic mass is 9.87. The van der Waals surface area contributed by atoms with Crippen molar-refractivity contribution in [1.29, 1.82) is 0 Å². The number of hydrogen-bond acceptors (Lipinski definition) is 1. The molecule has 0 N–H and O–H groups in total. The molecule has 0 aromatic carbocycles. The molecule has 0 aromatic rings. The van der Waals surface area contributed by atoms with E-state index in [4.69, 9.17) is 4.74 Å². The Morgan fingerprint density at radius 3 is 1.31 bits per heavy atom. The van der Waals surface area contributed by atoms with E-state index in [0.29, 0.717) is 0 Å². The SMILES string of the molecule is FC1(F)CC(OC2CC(F)(F)C2)C1. The summed E-state index contributed by atoms with van der Waals surface area (Å²) in [6, 6.07) is 0. The van der Waals surface area contributed by atoms with Crippen LogP contribution in [0, 0.1) is 0 Å². The lowest BCUT2D eigenvalue weighted by molar-refractivity contribution is -0.232. The standard InChI is InChI=1S/C8H10F4O/c9-7(10)1-5(2-7)13-6-3-8(11,12)4-6/h5-6H,1-4H2. The summed E-state index contributed by atoms with van der Waals surface area (Å²) in [4.78, 5) is 0. The van der Waals surface area contributed by atoms with Crippen molar-refractivity contribution in [3.8, 4) is 0 Å². The molecular weight excluding hydrogens is 188 g/mol. The van der Waals surface area contributed by atoms with Gasteiger partial charge in [0.2, 0.25) is 0 Å². The fourth-order valence-electron chi connectivity index (χ4n) is 1.68. The zero-order chi connectivity index (χ0) is 9.69. The highest BCUT2D eigenvalue weighted by molar-refractivity contribution is 4.92. The van der Waals surface area contributed by atoms with E-state index in [1.807, 2.05) is 0 Å². The molecule has 13 heavy (non-hydrogen) atoms. The van der Waals surface area contributed by atoms with E-state index < -0.39 is 24.1 Å². The molecule has 0 aromatic heterocycles. The monoisotopic (exact) mass is 198 g/mol. The average molecular weight is 198 g/mol. The molecule has 2 aliphatic rings. The highest BCUT2D eigenvalue weighted by Crippen LogP contribution is 2.45. The second-order valence-electron chi connectivity index (χ2n) is 3.91. The minimum atomic E-state index is -2.63. The lowest BCUT2D eigenvalue weighted by Gasteiger charge is -2.42. The molecule has 0 radical (unpaired) electrons. The van der Waals surface area contributed by atoms with Crippen LogP contribution in [0.1, 0.15) is 25.7 Å². The van der Waals surface area contributed by atoms with Crippen molar-refractivity contribution in [2.24, 2.45) is 0 Å². The van der Waals surface area contributed by atoms with Crippen LogP contribution in [0.5, 0.6) is 0 Å². The van der Waals surface area contributed by atoms with Gasteiger partial charge in [-0.25, -0.2) is 17.6 Å². The van der Waals surface area contributed by atoms with Gasteiger partial charge in [-0.05, 0) is 0 Å². The number of rotatable bonds is 2. The Hall–Kier alpha value is -0.320. The summed E-state index contributed by atoms with van der Waals surface area (Å²) in [6.45, 7) is 0. The lowest BCUT2D eigenvalue weighted by Crippen LogP contribution is -2.48. The van der Waals surface area contributed by atoms with E-state index in [2.05, 4.69) is 0 Å². The normalized spacial score (nSPS) is 32.3. The third kappa shape index (κ3) is 1.95. The minimum absolute atomic E-state index is 0.310. The van der Waals surface area contributed by atoms with Crippen molar-refractivity contribution in [1.82, 2.24) is 0 Å². The molecule has 0 atom stereocenters.